The van der Waals surface area contributed by atoms with Gasteiger partial charge >= 0.3 is 174 Å². The summed E-state index contributed by atoms with van der Waals surface area (Å²) >= 11 is -2.61. The monoisotopic (exact) mass is 566 g/mol. The van der Waals surface area contributed by atoms with Crippen molar-refractivity contribution in [3.05, 3.63) is 89.5 Å². The zero-order chi connectivity index (χ0) is 20.3. The second-order valence-corrected chi connectivity index (χ2v) is 15.3. The Morgan fingerprint density at radius 2 is 0.679 bits per heavy atom. The topological polar surface area (TPSA) is 51.2 Å². The van der Waals surface area contributed by atoms with Crippen LogP contribution >= 0.6 is 0 Å². The number of benzene rings is 3. The number of hydrogen-bond donors (Lipinski definition) is 0. The molecule has 3 aromatic rings. The Hall–Kier alpha value is -2.45. The number of Topliss-reactive ketones (excluding diaryl/α,β-unsaturated/α-hetero) is 3. The van der Waals surface area contributed by atoms with Gasteiger partial charge in [-0.05, 0) is 0 Å². The van der Waals surface area contributed by atoms with Gasteiger partial charge in [0.2, 0.25) is 0 Å². The molecule has 140 valence electrons. The molecular weight excluding hydrogens is 545 g/mol. The molecule has 0 saturated heterocycles. The van der Waals surface area contributed by atoms with Crippen LogP contribution in [0.1, 0.15) is 51.8 Å². The van der Waals surface area contributed by atoms with Crippen molar-refractivity contribution in [3.8, 4) is 0 Å². The molecule has 0 aliphatic heterocycles. The maximum absolute atomic E-state index is 11.6. The maximum atomic E-state index is 11.6. The standard InChI is InChI=1S/3C8H7O.Bi/c3*1-7(9)8-5-3-2-4-6-8;/h3*3-6H,1H3;. The van der Waals surface area contributed by atoms with Crippen LogP contribution in [0.15, 0.2) is 72.8 Å². The second kappa shape index (κ2) is 8.71. The quantitative estimate of drug-likeness (QED) is 0.341. The molecule has 3 nitrogen and oxygen atoms in total. The number of rotatable bonds is 6. The molecule has 3 aromatic carbocycles. The van der Waals surface area contributed by atoms with Crippen LogP contribution in [0.2, 0.25) is 0 Å². The molecule has 0 spiro atoms. The molecule has 0 radical (unpaired) electrons. The Balaban J connectivity index is 2.08. The number of hydrogen-bond acceptors (Lipinski definition) is 3. The summed E-state index contributed by atoms with van der Waals surface area (Å²) in [7, 11) is 0. The van der Waals surface area contributed by atoms with Gasteiger partial charge in [-0.15, -0.1) is 0 Å². The van der Waals surface area contributed by atoms with Gasteiger partial charge in [-0.2, -0.15) is 0 Å². The normalized spacial score (nSPS) is 10.7. The Morgan fingerprint density at radius 1 is 0.464 bits per heavy atom. The average Bonchev–Trinajstić information content (AvgIpc) is 2.69. The van der Waals surface area contributed by atoms with E-state index >= 15 is 0 Å². The molecular formula is C24H21BiO3. The molecule has 0 aliphatic carbocycles. The van der Waals surface area contributed by atoms with Crippen molar-refractivity contribution in [3.63, 3.8) is 0 Å². The van der Waals surface area contributed by atoms with Crippen LogP contribution in [-0.2, 0) is 0 Å². The Kier molecular flexibility index (Phi) is 6.31. The van der Waals surface area contributed by atoms with Crippen LogP contribution in [0, 0.1) is 0 Å². The van der Waals surface area contributed by atoms with Gasteiger partial charge in [0.05, 0.1) is 0 Å². The molecule has 0 atom stereocenters. The Morgan fingerprint density at radius 3 is 0.857 bits per heavy atom. The first kappa shape index (κ1) is 20.3. The average molecular weight is 566 g/mol. The van der Waals surface area contributed by atoms with E-state index in [1.54, 1.807) is 20.8 Å². The fourth-order valence-corrected chi connectivity index (χ4v) is 11.7. The molecule has 0 aromatic heterocycles. The van der Waals surface area contributed by atoms with Gasteiger partial charge < -0.3 is 0 Å². The van der Waals surface area contributed by atoms with Crippen molar-refractivity contribution in [1.29, 1.82) is 0 Å². The number of carbonyl (C=O) groups is 3. The van der Waals surface area contributed by atoms with E-state index in [1.807, 2.05) is 72.8 Å². The number of carbonyl (C=O) groups excluding carboxylic acids is 3. The first-order chi connectivity index (χ1) is 13.4. The van der Waals surface area contributed by atoms with E-state index in [1.165, 1.54) is 9.81 Å². The minimum atomic E-state index is -2.61. The van der Waals surface area contributed by atoms with E-state index in [0.717, 1.165) is 0 Å². The third kappa shape index (κ3) is 4.51. The van der Waals surface area contributed by atoms with Crippen LogP contribution in [0.25, 0.3) is 0 Å². The third-order valence-corrected chi connectivity index (χ3v) is 14.1. The third-order valence-electron chi connectivity index (χ3n) is 4.60. The van der Waals surface area contributed by atoms with Gasteiger partial charge in [-0.25, -0.2) is 0 Å². The van der Waals surface area contributed by atoms with Gasteiger partial charge in [0.25, 0.3) is 0 Å². The van der Waals surface area contributed by atoms with Crippen molar-refractivity contribution in [2.45, 2.75) is 20.8 Å². The summed E-state index contributed by atoms with van der Waals surface area (Å²) in [6.45, 7) is 4.70. The molecule has 28 heavy (non-hydrogen) atoms. The van der Waals surface area contributed by atoms with Gasteiger partial charge in [0, 0.05) is 0 Å². The van der Waals surface area contributed by atoms with Crippen molar-refractivity contribution in [2.75, 3.05) is 0 Å². The van der Waals surface area contributed by atoms with Crippen molar-refractivity contribution in [2.24, 2.45) is 0 Å². The van der Waals surface area contributed by atoms with Crippen molar-refractivity contribution >= 4 is 48.9 Å². The zero-order valence-corrected chi connectivity index (χ0v) is 19.6. The predicted octanol–water partition coefficient (Wildman–Crippen LogP) is 2.81. The van der Waals surface area contributed by atoms with Gasteiger partial charge in [0.15, 0.2) is 0 Å². The van der Waals surface area contributed by atoms with E-state index in [-0.39, 0.29) is 17.3 Å². The Bertz CT molecular complexity index is 880. The van der Waals surface area contributed by atoms with E-state index in [9.17, 15) is 14.4 Å². The summed E-state index contributed by atoms with van der Waals surface area (Å²) in [4.78, 5) is 34.9. The summed E-state index contributed by atoms with van der Waals surface area (Å²) < 4.78 is 3.73. The molecule has 3 rings (SSSR count). The molecule has 0 aliphatic rings. The van der Waals surface area contributed by atoms with Gasteiger partial charge in [-0.1, -0.05) is 0 Å². The van der Waals surface area contributed by atoms with Crippen LogP contribution in [-0.4, -0.2) is 39.1 Å². The van der Waals surface area contributed by atoms with Gasteiger partial charge in [0.1, 0.15) is 0 Å². The summed E-state index contributed by atoms with van der Waals surface area (Å²) in [6.07, 6.45) is 0. The van der Waals surface area contributed by atoms with E-state index in [2.05, 4.69) is 0 Å². The SMILES string of the molecule is CC(=O)c1cc[c]([Bi]([c]2ccc(C(C)=O)cc2)[c]2ccc(C(C)=O)cc2)cc1. The number of ketones is 3. The first-order valence-electron chi connectivity index (χ1n) is 9.00. The molecule has 0 bridgehead atoms. The van der Waals surface area contributed by atoms with E-state index < -0.39 is 21.8 Å². The van der Waals surface area contributed by atoms with Gasteiger partial charge in [-0.3, -0.25) is 0 Å². The first-order valence-corrected chi connectivity index (χ1v) is 14.2. The molecule has 0 saturated carbocycles. The van der Waals surface area contributed by atoms with E-state index in [4.69, 9.17) is 0 Å². The fraction of sp³-hybridized carbons (Fsp3) is 0.125. The molecule has 0 amide bonds. The van der Waals surface area contributed by atoms with Crippen LogP contribution in [0.5, 0.6) is 0 Å². The summed E-state index contributed by atoms with van der Waals surface area (Å²) in [5, 5.41) is 0. The fourth-order valence-electron chi connectivity index (χ4n) is 2.98. The molecule has 0 unspecified atom stereocenters. The van der Waals surface area contributed by atoms with Crippen molar-refractivity contribution < 1.29 is 14.4 Å². The summed E-state index contributed by atoms with van der Waals surface area (Å²) in [6, 6.07) is 23.6. The predicted molar refractivity (Wildman–Crippen MR) is 114 cm³/mol. The molecule has 4 heteroatoms. The second-order valence-electron chi connectivity index (χ2n) is 6.64. The zero-order valence-electron chi connectivity index (χ0n) is 16.1. The summed E-state index contributed by atoms with van der Waals surface area (Å²) in [5.41, 5.74) is 2.10. The minimum absolute atomic E-state index is 0.0502. The summed E-state index contributed by atoms with van der Waals surface area (Å²) in [5.74, 6) is 0.150. The van der Waals surface area contributed by atoms with E-state index in [0.29, 0.717) is 16.7 Å². The van der Waals surface area contributed by atoms with Crippen LogP contribution < -0.4 is 9.81 Å². The van der Waals surface area contributed by atoms with Crippen LogP contribution in [0.4, 0.5) is 0 Å². The molecule has 0 fully saturated rings. The van der Waals surface area contributed by atoms with Crippen LogP contribution in [0.3, 0.4) is 0 Å². The van der Waals surface area contributed by atoms with Crippen molar-refractivity contribution in [1.82, 2.24) is 0 Å². The molecule has 0 N–H and O–H groups in total. The Labute approximate surface area is 173 Å². The molecule has 0 heterocycles.